The second kappa shape index (κ2) is 6.52. The van der Waals surface area contributed by atoms with Gasteiger partial charge in [0, 0.05) is 38.5 Å². The highest BCUT2D eigenvalue weighted by molar-refractivity contribution is 7.90. The van der Waals surface area contributed by atoms with Gasteiger partial charge in [0.15, 0.2) is 9.84 Å². The topological polar surface area (TPSA) is 58.6 Å². The van der Waals surface area contributed by atoms with E-state index >= 15 is 0 Å². The maximum Gasteiger partial charge on any atom is 0.160 e. The van der Waals surface area contributed by atoms with Gasteiger partial charge < -0.3 is 10.1 Å². The van der Waals surface area contributed by atoms with Gasteiger partial charge >= 0.3 is 0 Å². The Morgan fingerprint density at radius 1 is 1.26 bits per heavy atom. The van der Waals surface area contributed by atoms with Crippen molar-refractivity contribution in [2.24, 2.45) is 0 Å². The lowest BCUT2D eigenvalue weighted by Gasteiger charge is -2.36. The molecule has 2 saturated heterocycles. The van der Waals surface area contributed by atoms with Crippen LogP contribution in [0.3, 0.4) is 0 Å². The summed E-state index contributed by atoms with van der Waals surface area (Å²) in [5, 5.41) is 2.98. The van der Waals surface area contributed by atoms with Crippen LogP contribution in [0.15, 0.2) is 0 Å². The van der Waals surface area contributed by atoms with Gasteiger partial charge in [0.2, 0.25) is 0 Å². The third-order valence-electron chi connectivity index (χ3n) is 4.33. The lowest BCUT2D eigenvalue weighted by Crippen LogP contribution is -2.47. The Bertz CT molecular complexity index is 369. The van der Waals surface area contributed by atoms with Crippen LogP contribution in [0.25, 0.3) is 0 Å². The minimum Gasteiger partial charge on any atom is -0.379 e. The van der Waals surface area contributed by atoms with E-state index in [0.29, 0.717) is 6.54 Å². The molecule has 2 aliphatic rings. The van der Waals surface area contributed by atoms with E-state index in [2.05, 4.69) is 10.2 Å². The van der Waals surface area contributed by atoms with E-state index in [-0.39, 0.29) is 12.0 Å². The van der Waals surface area contributed by atoms with Gasteiger partial charge in [0.25, 0.3) is 0 Å². The molecule has 19 heavy (non-hydrogen) atoms. The molecule has 0 aliphatic carbocycles. The molecule has 0 aromatic carbocycles. The van der Waals surface area contributed by atoms with E-state index in [1.165, 1.54) is 38.4 Å². The Labute approximate surface area is 116 Å². The second-order valence-electron chi connectivity index (χ2n) is 5.89. The lowest BCUT2D eigenvalue weighted by atomic mass is 10.0. The van der Waals surface area contributed by atoms with Crippen LogP contribution in [0.5, 0.6) is 0 Å². The van der Waals surface area contributed by atoms with Crippen LogP contribution in [-0.2, 0) is 14.6 Å². The maximum atomic E-state index is 11.1. The highest BCUT2D eigenvalue weighted by atomic mass is 32.2. The summed E-state index contributed by atoms with van der Waals surface area (Å²) in [7, 11) is -1.24. The van der Waals surface area contributed by atoms with Crippen LogP contribution in [0.4, 0.5) is 0 Å². The van der Waals surface area contributed by atoms with Crippen molar-refractivity contribution in [3.05, 3.63) is 0 Å². The molecule has 2 aliphatic heterocycles. The van der Waals surface area contributed by atoms with Gasteiger partial charge in [-0.05, 0) is 25.7 Å². The Hall–Kier alpha value is -0.170. The molecule has 5 nitrogen and oxygen atoms in total. The van der Waals surface area contributed by atoms with Crippen molar-refractivity contribution in [1.82, 2.24) is 10.2 Å². The minimum absolute atomic E-state index is 0.0275. The van der Waals surface area contributed by atoms with Gasteiger partial charge in [0.1, 0.15) is 0 Å². The van der Waals surface area contributed by atoms with E-state index in [9.17, 15) is 8.42 Å². The minimum atomic E-state index is -2.95. The number of ether oxygens (including phenoxy) is 1. The van der Waals surface area contributed by atoms with Gasteiger partial charge in [-0.25, -0.2) is 8.42 Å². The third-order valence-corrected chi connectivity index (χ3v) is 5.06. The van der Waals surface area contributed by atoms with Crippen molar-refractivity contribution >= 4 is 9.84 Å². The number of rotatable bonds is 7. The Balaban J connectivity index is 1.79. The fourth-order valence-electron chi connectivity index (χ4n) is 3.38. The summed E-state index contributed by atoms with van der Waals surface area (Å²) in [5.74, 6) is 0.0275. The zero-order chi connectivity index (χ0) is 13.9. The molecule has 6 heteroatoms. The molecule has 112 valence electrons. The normalized spacial score (nSPS) is 29.6. The van der Waals surface area contributed by atoms with E-state index in [0.717, 1.165) is 18.6 Å². The number of piperidine rings is 1. The van der Waals surface area contributed by atoms with Gasteiger partial charge in [-0.1, -0.05) is 6.42 Å². The van der Waals surface area contributed by atoms with Crippen LogP contribution < -0.4 is 5.32 Å². The number of fused-ring (bicyclic) bond motifs is 2. The van der Waals surface area contributed by atoms with E-state index in [1.807, 2.05) is 0 Å². The largest absolute Gasteiger partial charge is 0.379 e. The molecule has 3 atom stereocenters. The smallest absolute Gasteiger partial charge is 0.160 e. The van der Waals surface area contributed by atoms with Crippen LogP contribution in [0, 0.1) is 0 Å². The van der Waals surface area contributed by atoms with Crippen LogP contribution in [-0.4, -0.2) is 63.8 Å². The number of nitrogens with zero attached hydrogens (tertiary/aromatic N) is 1. The molecule has 2 bridgehead atoms. The first-order valence-electron chi connectivity index (χ1n) is 7.16. The molecule has 2 rings (SSSR count). The summed E-state index contributed by atoms with van der Waals surface area (Å²) in [4.78, 5) is 2.58. The van der Waals surface area contributed by atoms with Crippen molar-refractivity contribution < 1.29 is 13.2 Å². The number of methoxy groups -OCH3 is 1. The molecule has 1 unspecified atom stereocenters. The summed E-state index contributed by atoms with van der Waals surface area (Å²) in [6.07, 6.45) is 7.92. The average Bonchev–Trinajstić information content (AvgIpc) is 2.58. The van der Waals surface area contributed by atoms with Crippen molar-refractivity contribution in [2.75, 3.05) is 32.3 Å². The molecule has 0 aromatic rings. The molecule has 0 spiro atoms. The highest BCUT2D eigenvalue weighted by Crippen LogP contribution is 2.35. The summed E-state index contributed by atoms with van der Waals surface area (Å²) in [6, 6.07) is 1.46. The predicted molar refractivity (Wildman–Crippen MR) is 75.9 cm³/mol. The first-order valence-corrected chi connectivity index (χ1v) is 9.22. The van der Waals surface area contributed by atoms with Crippen LogP contribution in [0.2, 0.25) is 0 Å². The summed E-state index contributed by atoms with van der Waals surface area (Å²) >= 11 is 0. The predicted octanol–water partition coefficient (Wildman–Crippen LogP) is 0.610. The SMILES string of the molecule is COC(CNCS(C)(=O)=O)CN1[C@@H]2CCC[C@H]1CC2. The van der Waals surface area contributed by atoms with Gasteiger partial charge in [-0.2, -0.15) is 0 Å². The Morgan fingerprint density at radius 3 is 2.42 bits per heavy atom. The lowest BCUT2D eigenvalue weighted by molar-refractivity contribution is 0.0334. The molecule has 0 radical (unpaired) electrons. The summed E-state index contributed by atoms with van der Waals surface area (Å²) < 4.78 is 27.7. The Morgan fingerprint density at radius 2 is 1.89 bits per heavy atom. The fourth-order valence-corrected chi connectivity index (χ4v) is 3.87. The standard InChI is InChI=1S/C13H26N2O3S/c1-18-13(8-14-10-19(2,16)17)9-15-11-4-3-5-12(15)7-6-11/h11-14H,3-10H2,1-2H3/t11-,12+,13?. The highest BCUT2D eigenvalue weighted by Gasteiger charge is 2.37. The average molecular weight is 290 g/mol. The zero-order valence-electron chi connectivity index (χ0n) is 12.0. The first kappa shape index (κ1) is 15.2. The van der Waals surface area contributed by atoms with Crippen molar-refractivity contribution in [3.8, 4) is 0 Å². The summed E-state index contributed by atoms with van der Waals surface area (Å²) in [5.41, 5.74) is 0. The molecule has 0 aromatic heterocycles. The number of nitrogens with one attached hydrogen (secondary N) is 1. The van der Waals surface area contributed by atoms with E-state index in [4.69, 9.17) is 4.74 Å². The molecule has 1 N–H and O–H groups in total. The number of sulfone groups is 1. The molecule has 2 fully saturated rings. The van der Waals surface area contributed by atoms with Crippen molar-refractivity contribution in [3.63, 3.8) is 0 Å². The summed E-state index contributed by atoms with van der Waals surface area (Å²) in [6.45, 7) is 1.52. The fraction of sp³-hybridized carbons (Fsp3) is 1.00. The van der Waals surface area contributed by atoms with E-state index < -0.39 is 9.84 Å². The molecular weight excluding hydrogens is 264 g/mol. The van der Waals surface area contributed by atoms with Gasteiger partial charge in [-0.3, -0.25) is 4.90 Å². The first-order chi connectivity index (χ1) is 8.99. The molecule has 0 amide bonds. The van der Waals surface area contributed by atoms with Crippen LogP contribution in [0.1, 0.15) is 32.1 Å². The van der Waals surface area contributed by atoms with E-state index in [1.54, 1.807) is 7.11 Å². The quantitative estimate of drug-likeness (QED) is 0.744. The van der Waals surface area contributed by atoms with Gasteiger partial charge in [-0.15, -0.1) is 0 Å². The monoisotopic (exact) mass is 290 g/mol. The number of hydrogen-bond donors (Lipinski definition) is 1. The second-order valence-corrected chi connectivity index (χ2v) is 8.03. The Kier molecular flexibility index (Phi) is 5.22. The molecule has 2 heterocycles. The molecular formula is C13H26N2O3S. The number of hydrogen-bond acceptors (Lipinski definition) is 5. The molecule has 0 saturated carbocycles. The maximum absolute atomic E-state index is 11.1. The van der Waals surface area contributed by atoms with Gasteiger partial charge in [0.05, 0.1) is 12.0 Å². The van der Waals surface area contributed by atoms with Crippen molar-refractivity contribution in [2.45, 2.75) is 50.3 Å². The third kappa shape index (κ3) is 4.41. The van der Waals surface area contributed by atoms with Crippen LogP contribution >= 0.6 is 0 Å². The zero-order valence-corrected chi connectivity index (χ0v) is 12.8. The van der Waals surface area contributed by atoms with Crippen molar-refractivity contribution in [1.29, 1.82) is 0 Å².